The highest BCUT2D eigenvalue weighted by Crippen LogP contribution is 2.06. The molecule has 1 aromatic carbocycles. The predicted octanol–water partition coefficient (Wildman–Crippen LogP) is 2.86. The van der Waals surface area contributed by atoms with Crippen molar-refractivity contribution < 1.29 is 9.53 Å². The molecule has 1 aromatic heterocycles. The number of nitrogens with one attached hydrogen (secondary N) is 1. The highest BCUT2D eigenvalue weighted by Gasteiger charge is 2.06. The standard InChI is InChI=1S/C17H20N2O2/c1-3-21-12-15-9-7-14(8-10-15)11-18-17(20)16-6-4-5-13(2)19-16/h4-10H,3,11-12H2,1-2H3,(H,18,20). The quantitative estimate of drug-likeness (QED) is 0.887. The van der Waals surface area contributed by atoms with Gasteiger partial charge in [-0.1, -0.05) is 30.3 Å². The van der Waals surface area contributed by atoms with Gasteiger partial charge in [0.25, 0.3) is 5.91 Å². The van der Waals surface area contributed by atoms with Crippen LogP contribution in [0.25, 0.3) is 0 Å². The summed E-state index contributed by atoms with van der Waals surface area (Å²) < 4.78 is 5.35. The van der Waals surface area contributed by atoms with Crippen molar-refractivity contribution in [1.29, 1.82) is 0 Å². The SMILES string of the molecule is CCOCc1ccc(CNC(=O)c2cccc(C)n2)cc1. The minimum absolute atomic E-state index is 0.155. The van der Waals surface area contributed by atoms with Gasteiger partial charge in [-0.15, -0.1) is 0 Å². The molecule has 0 bridgehead atoms. The van der Waals surface area contributed by atoms with Crippen LogP contribution in [-0.4, -0.2) is 17.5 Å². The van der Waals surface area contributed by atoms with Gasteiger partial charge in [0, 0.05) is 18.8 Å². The van der Waals surface area contributed by atoms with E-state index in [4.69, 9.17) is 4.74 Å². The third kappa shape index (κ3) is 4.68. The first-order valence-corrected chi connectivity index (χ1v) is 7.06. The van der Waals surface area contributed by atoms with Crippen molar-refractivity contribution in [3.63, 3.8) is 0 Å². The van der Waals surface area contributed by atoms with Crippen LogP contribution in [0.3, 0.4) is 0 Å². The second-order valence-electron chi connectivity index (χ2n) is 4.80. The van der Waals surface area contributed by atoms with Crippen molar-refractivity contribution in [1.82, 2.24) is 10.3 Å². The maximum absolute atomic E-state index is 12.0. The van der Waals surface area contributed by atoms with E-state index in [1.807, 2.05) is 50.2 Å². The molecule has 0 saturated heterocycles. The average molecular weight is 284 g/mol. The molecule has 2 aromatic rings. The number of pyridine rings is 1. The van der Waals surface area contributed by atoms with E-state index >= 15 is 0 Å². The van der Waals surface area contributed by atoms with Gasteiger partial charge in [-0.3, -0.25) is 4.79 Å². The molecule has 1 amide bonds. The molecule has 2 rings (SSSR count). The molecule has 0 fully saturated rings. The molecule has 0 aliphatic heterocycles. The molecular weight excluding hydrogens is 264 g/mol. The number of ether oxygens (including phenoxy) is 1. The van der Waals surface area contributed by atoms with Gasteiger partial charge in [0.2, 0.25) is 0 Å². The lowest BCUT2D eigenvalue weighted by Crippen LogP contribution is -2.23. The minimum atomic E-state index is -0.155. The number of rotatable bonds is 6. The lowest BCUT2D eigenvalue weighted by atomic mass is 10.1. The van der Waals surface area contributed by atoms with E-state index in [-0.39, 0.29) is 5.91 Å². The molecule has 4 nitrogen and oxygen atoms in total. The normalized spacial score (nSPS) is 10.4. The zero-order chi connectivity index (χ0) is 15.1. The molecule has 110 valence electrons. The summed E-state index contributed by atoms with van der Waals surface area (Å²) in [4.78, 5) is 16.2. The largest absolute Gasteiger partial charge is 0.377 e. The Morgan fingerprint density at radius 1 is 1.14 bits per heavy atom. The summed E-state index contributed by atoms with van der Waals surface area (Å²) in [6.07, 6.45) is 0. The van der Waals surface area contributed by atoms with Crippen molar-refractivity contribution in [2.75, 3.05) is 6.61 Å². The van der Waals surface area contributed by atoms with E-state index in [0.717, 1.165) is 16.8 Å². The van der Waals surface area contributed by atoms with E-state index in [9.17, 15) is 4.79 Å². The topological polar surface area (TPSA) is 51.2 Å². The Bertz CT molecular complexity index is 594. The number of benzene rings is 1. The molecule has 0 radical (unpaired) electrons. The minimum Gasteiger partial charge on any atom is -0.377 e. The molecule has 0 aliphatic carbocycles. The molecule has 0 unspecified atom stereocenters. The van der Waals surface area contributed by atoms with Crippen LogP contribution < -0.4 is 5.32 Å². The Hall–Kier alpha value is -2.20. The van der Waals surface area contributed by atoms with Crippen LogP contribution in [0.1, 0.15) is 34.2 Å². The fourth-order valence-electron chi connectivity index (χ4n) is 1.92. The average Bonchev–Trinajstić information content (AvgIpc) is 2.51. The van der Waals surface area contributed by atoms with E-state index in [0.29, 0.717) is 25.5 Å². The summed E-state index contributed by atoms with van der Waals surface area (Å²) in [5, 5.41) is 2.87. The predicted molar refractivity (Wildman–Crippen MR) is 81.9 cm³/mol. The molecule has 4 heteroatoms. The summed E-state index contributed by atoms with van der Waals surface area (Å²) in [7, 11) is 0. The molecule has 1 heterocycles. The van der Waals surface area contributed by atoms with E-state index in [1.54, 1.807) is 6.07 Å². The molecule has 1 N–H and O–H groups in total. The second-order valence-corrected chi connectivity index (χ2v) is 4.80. The maximum Gasteiger partial charge on any atom is 0.270 e. The van der Waals surface area contributed by atoms with Crippen LogP contribution in [0.15, 0.2) is 42.5 Å². The van der Waals surface area contributed by atoms with Gasteiger partial charge in [-0.25, -0.2) is 4.98 Å². The Morgan fingerprint density at radius 3 is 2.52 bits per heavy atom. The number of nitrogens with zero attached hydrogens (tertiary/aromatic N) is 1. The van der Waals surface area contributed by atoms with Gasteiger partial charge in [0.05, 0.1) is 6.61 Å². The molecule has 0 saturated carbocycles. The molecule has 0 aliphatic rings. The third-order valence-corrected chi connectivity index (χ3v) is 3.07. The van der Waals surface area contributed by atoms with Crippen molar-refractivity contribution in [3.8, 4) is 0 Å². The summed E-state index contributed by atoms with van der Waals surface area (Å²) in [6, 6.07) is 13.4. The van der Waals surface area contributed by atoms with Crippen LogP contribution in [0.2, 0.25) is 0 Å². The Labute approximate surface area is 125 Å². The molecule has 0 atom stereocenters. The van der Waals surface area contributed by atoms with Gasteiger partial charge in [0.15, 0.2) is 0 Å². The summed E-state index contributed by atoms with van der Waals surface area (Å²) in [5.74, 6) is -0.155. The Kier molecular flexibility index (Phi) is 5.46. The monoisotopic (exact) mass is 284 g/mol. The summed E-state index contributed by atoms with van der Waals surface area (Å²) in [5.41, 5.74) is 3.47. The van der Waals surface area contributed by atoms with Crippen LogP contribution in [-0.2, 0) is 17.9 Å². The molecular formula is C17H20N2O2. The molecule has 21 heavy (non-hydrogen) atoms. The first kappa shape index (κ1) is 15.2. The zero-order valence-corrected chi connectivity index (χ0v) is 12.4. The van der Waals surface area contributed by atoms with Crippen LogP contribution in [0, 0.1) is 6.92 Å². The fraction of sp³-hybridized carbons (Fsp3) is 0.294. The maximum atomic E-state index is 12.0. The second kappa shape index (κ2) is 7.55. The van der Waals surface area contributed by atoms with E-state index in [1.165, 1.54) is 0 Å². The van der Waals surface area contributed by atoms with Gasteiger partial charge >= 0.3 is 0 Å². The summed E-state index contributed by atoms with van der Waals surface area (Å²) >= 11 is 0. The van der Waals surface area contributed by atoms with Crippen molar-refractivity contribution in [3.05, 3.63) is 65.0 Å². The number of carbonyl (C=O) groups is 1. The zero-order valence-electron chi connectivity index (χ0n) is 12.4. The van der Waals surface area contributed by atoms with E-state index < -0.39 is 0 Å². The van der Waals surface area contributed by atoms with Gasteiger partial charge in [0.1, 0.15) is 5.69 Å². The lowest BCUT2D eigenvalue weighted by molar-refractivity contribution is 0.0945. The number of hydrogen-bond acceptors (Lipinski definition) is 3. The first-order chi connectivity index (χ1) is 10.2. The van der Waals surface area contributed by atoms with Crippen molar-refractivity contribution in [2.24, 2.45) is 0 Å². The van der Waals surface area contributed by atoms with Crippen LogP contribution >= 0.6 is 0 Å². The first-order valence-electron chi connectivity index (χ1n) is 7.06. The fourth-order valence-corrected chi connectivity index (χ4v) is 1.92. The smallest absolute Gasteiger partial charge is 0.270 e. The van der Waals surface area contributed by atoms with Gasteiger partial charge < -0.3 is 10.1 Å². The van der Waals surface area contributed by atoms with Gasteiger partial charge in [-0.05, 0) is 37.1 Å². The number of aromatic nitrogens is 1. The van der Waals surface area contributed by atoms with Crippen molar-refractivity contribution in [2.45, 2.75) is 27.0 Å². The van der Waals surface area contributed by atoms with Crippen LogP contribution in [0.5, 0.6) is 0 Å². The molecule has 0 spiro atoms. The third-order valence-electron chi connectivity index (χ3n) is 3.07. The Morgan fingerprint density at radius 2 is 1.86 bits per heavy atom. The highest BCUT2D eigenvalue weighted by atomic mass is 16.5. The summed E-state index contributed by atoms with van der Waals surface area (Å²) in [6.45, 7) is 5.66. The highest BCUT2D eigenvalue weighted by molar-refractivity contribution is 5.92. The number of aryl methyl sites for hydroxylation is 1. The Balaban J connectivity index is 1.89. The number of amides is 1. The van der Waals surface area contributed by atoms with E-state index in [2.05, 4.69) is 10.3 Å². The van der Waals surface area contributed by atoms with Crippen LogP contribution in [0.4, 0.5) is 0 Å². The number of hydrogen-bond donors (Lipinski definition) is 1. The lowest BCUT2D eigenvalue weighted by Gasteiger charge is -2.07. The number of carbonyl (C=O) groups excluding carboxylic acids is 1. The van der Waals surface area contributed by atoms with Crippen molar-refractivity contribution >= 4 is 5.91 Å². The van der Waals surface area contributed by atoms with Gasteiger partial charge in [-0.2, -0.15) is 0 Å².